The minimum atomic E-state index is -0.632. The van der Waals surface area contributed by atoms with Gasteiger partial charge in [-0.25, -0.2) is 0 Å². The fourth-order valence-corrected chi connectivity index (χ4v) is 0.666. The van der Waals surface area contributed by atoms with E-state index in [1.54, 1.807) is 0 Å². The molecule has 1 rings (SSSR count). The van der Waals surface area contributed by atoms with E-state index < -0.39 is 5.97 Å². The van der Waals surface area contributed by atoms with Crippen LogP contribution in [0.1, 0.15) is 13.3 Å². The van der Waals surface area contributed by atoms with Gasteiger partial charge in [-0.2, -0.15) is 0 Å². The van der Waals surface area contributed by atoms with Crippen molar-refractivity contribution in [3.8, 4) is 0 Å². The molecule has 2 nitrogen and oxygen atoms in total. The van der Waals surface area contributed by atoms with Gasteiger partial charge >= 0.3 is 5.97 Å². The molecule has 2 atom stereocenters. The summed E-state index contributed by atoms with van der Waals surface area (Å²) in [6.07, 6.45) is 0.884. The molecule has 0 aromatic carbocycles. The van der Waals surface area contributed by atoms with Crippen LogP contribution in [-0.2, 0) is 4.79 Å². The standard InChI is InChI=1S/C5H8O2/c1-3-2-4(3)5(6)7/h3-4H,2H2,1H3,(H,6,7)/t3?,4-/m1/s1. The molecule has 0 heterocycles. The summed E-state index contributed by atoms with van der Waals surface area (Å²) in [4.78, 5) is 9.97. The summed E-state index contributed by atoms with van der Waals surface area (Å²) < 4.78 is 0. The van der Waals surface area contributed by atoms with E-state index in [0.717, 1.165) is 6.42 Å². The maximum Gasteiger partial charge on any atom is 0.306 e. The molecule has 1 N–H and O–H groups in total. The zero-order valence-corrected chi connectivity index (χ0v) is 4.22. The van der Waals surface area contributed by atoms with E-state index in [0.29, 0.717) is 5.92 Å². The van der Waals surface area contributed by atoms with Gasteiger partial charge in [0.1, 0.15) is 0 Å². The molecule has 1 saturated carbocycles. The lowest BCUT2D eigenvalue weighted by Gasteiger charge is -1.79. The van der Waals surface area contributed by atoms with Gasteiger partial charge in [0.05, 0.1) is 5.92 Å². The second-order valence-electron chi connectivity index (χ2n) is 2.16. The molecule has 1 aliphatic rings. The van der Waals surface area contributed by atoms with Gasteiger partial charge in [0.25, 0.3) is 0 Å². The van der Waals surface area contributed by atoms with E-state index in [1.165, 1.54) is 0 Å². The van der Waals surface area contributed by atoms with Crippen molar-refractivity contribution in [3.05, 3.63) is 0 Å². The van der Waals surface area contributed by atoms with Crippen molar-refractivity contribution >= 4 is 5.97 Å². The Hall–Kier alpha value is -0.530. The van der Waals surface area contributed by atoms with Gasteiger partial charge < -0.3 is 5.11 Å². The van der Waals surface area contributed by atoms with Crippen LogP contribution in [0.15, 0.2) is 0 Å². The second-order valence-corrected chi connectivity index (χ2v) is 2.16. The number of hydrogen-bond donors (Lipinski definition) is 1. The van der Waals surface area contributed by atoms with Gasteiger partial charge in [0, 0.05) is 0 Å². The summed E-state index contributed by atoms with van der Waals surface area (Å²) in [5, 5.41) is 8.22. The van der Waals surface area contributed by atoms with Crippen LogP contribution in [0.2, 0.25) is 0 Å². The molecule has 7 heavy (non-hydrogen) atoms. The zero-order valence-electron chi connectivity index (χ0n) is 4.22. The molecule has 2 heteroatoms. The minimum Gasteiger partial charge on any atom is -0.481 e. The molecular weight excluding hydrogens is 92.1 g/mol. The smallest absolute Gasteiger partial charge is 0.306 e. The Morgan fingerprint density at radius 1 is 1.86 bits per heavy atom. The zero-order chi connectivity index (χ0) is 5.44. The molecule has 0 aliphatic heterocycles. The Labute approximate surface area is 42.1 Å². The normalized spacial score (nSPS) is 37.9. The van der Waals surface area contributed by atoms with Crippen LogP contribution in [0, 0.1) is 11.8 Å². The molecule has 1 unspecified atom stereocenters. The van der Waals surface area contributed by atoms with Gasteiger partial charge in [-0.15, -0.1) is 0 Å². The topological polar surface area (TPSA) is 37.3 Å². The number of carboxylic acids is 1. The highest BCUT2D eigenvalue weighted by molar-refractivity contribution is 5.73. The van der Waals surface area contributed by atoms with E-state index in [-0.39, 0.29) is 5.92 Å². The molecular formula is C5H8O2. The molecule has 1 fully saturated rings. The predicted molar refractivity (Wildman–Crippen MR) is 24.9 cm³/mol. The van der Waals surface area contributed by atoms with Crippen molar-refractivity contribution in [2.75, 3.05) is 0 Å². The number of rotatable bonds is 1. The molecule has 1 aliphatic carbocycles. The Morgan fingerprint density at radius 3 is 2.29 bits per heavy atom. The van der Waals surface area contributed by atoms with Gasteiger partial charge in [-0.1, -0.05) is 6.92 Å². The van der Waals surface area contributed by atoms with Crippen molar-refractivity contribution in [3.63, 3.8) is 0 Å². The lowest BCUT2D eigenvalue weighted by molar-refractivity contribution is -0.138. The van der Waals surface area contributed by atoms with Crippen molar-refractivity contribution < 1.29 is 9.90 Å². The summed E-state index contributed by atoms with van der Waals surface area (Å²) in [5.74, 6) is -0.204. The number of hydrogen-bond acceptors (Lipinski definition) is 1. The first-order valence-corrected chi connectivity index (χ1v) is 2.44. The first-order valence-electron chi connectivity index (χ1n) is 2.44. The third-order valence-corrected chi connectivity index (χ3v) is 1.43. The van der Waals surface area contributed by atoms with Crippen molar-refractivity contribution in [1.82, 2.24) is 0 Å². The van der Waals surface area contributed by atoms with Crippen LogP contribution in [0.25, 0.3) is 0 Å². The van der Waals surface area contributed by atoms with E-state index >= 15 is 0 Å². The first kappa shape index (κ1) is 4.62. The number of carboxylic acid groups (broad SMARTS) is 1. The molecule has 0 amide bonds. The van der Waals surface area contributed by atoms with E-state index in [2.05, 4.69) is 0 Å². The third kappa shape index (κ3) is 0.734. The molecule has 0 aromatic rings. The average molecular weight is 100 g/mol. The number of carbonyl (C=O) groups is 1. The Bertz CT molecular complexity index is 98.3. The van der Waals surface area contributed by atoms with Crippen LogP contribution < -0.4 is 0 Å². The fourth-order valence-electron chi connectivity index (χ4n) is 0.666. The van der Waals surface area contributed by atoms with Gasteiger partial charge in [0.15, 0.2) is 0 Å². The summed E-state index contributed by atoms with van der Waals surface area (Å²) in [6, 6.07) is 0. The monoisotopic (exact) mass is 100 g/mol. The van der Waals surface area contributed by atoms with Gasteiger partial charge in [0.2, 0.25) is 0 Å². The minimum absolute atomic E-state index is 0.0139. The highest BCUT2D eigenvalue weighted by atomic mass is 16.4. The lowest BCUT2D eigenvalue weighted by atomic mass is 10.3. The second kappa shape index (κ2) is 1.22. The van der Waals surface area contributed by atoms with Gasteiger partial charge in [-0.05, 0) is 12.3 Å². The van der Waals surface area contributed by atoms with Crippen LogP contribution in [0.4, 0.5) is 0 Å². The first-order chi connectivity index (χ1) is 3.22. The van der Waals surface area contributed by atoms with Crippen LogP contribution in [0.3, 0.4) is 0 Å². The summed E-state index contributed by atoms with van der Waals surface area (Å²) in [6.45, 7) is 1.96. The average Bonchev–Trinajstić information content (AvgIpc) is 2.17. The van der Waals surface area contributed by atoms with E-state index in [1.807, 2.05) is 6.92 Å². The van der Waals surface area contributed by atoms with Gasteiger partial charge in [-0.3, -0.25) is 4.79 Å². The van der Waals surface area contributed by atoms with Crippen LogP contribution in [-0.4, -0.2) is 11.1 Å². The number of aliphatic carboxylic acids is 1. The summed E-state index contributed by atoms with van der Waals surface area (Å²) in [7, 11) is 0. The summed E-state index contributed by atoms with van der Waals surface area (Å²) >= 11 is 0. The van der Waals surface area contributed by atoms with Crippen LogP contribution >= 0.6 is 0 Å². The molecule has 0 saturated heterocycles. The highest BCUT2D eigenvalue weighted by Crippen LogP contribution is 2.37. The maximum atomic E-state index is 9.97. The molecule has 0 aromatic heterocycles. The van der Waals surface area contributed by atoms with Crippen molar-refractivity contribution in [1.29, 1.82) is 0 Å². The molecule has 0 spiro atoms. The third-order valence-electron chi connectivity index (χ3n) is 1.43. The Morgan fingerprint density at radius 2 is 2.29 bits per heavy atom. The van der Waals surface area contributed by atoms with E-state index in [4.69, 9.17) is 5.11 Å². The highest BCUT2D eigenvalue weighted by Gasteiger charge is 2.38. The molecule has 40 valence electrons. The maximum absolute atomic E-state index is 9.97. The largest absolute Gasteiger partial charge is 0.481 e. The molecule has 0 bridgehead atoms. The van der Waals surface area contributed by atoms with Crippen LogP contribution in [0.5, 0.6) is 0 Å². The van der Waals surface area contributed by atoms with Crippen molar-refractivity contribution in [2.24, 2.45) is 11.8 Å². The van der Waals surface area contributed by atoms with E-state index in [9.17, 15) is 4.79 Å². The SMILES string of the molecule is CC1C[C@H]1C(=O)O. The Kier molecular flexibility index (Phi) is 0.805. The lowest BCUT2D eigenvalue weighted by Crippen LogP contribution is -1.97. The summed E-state index contributed by atoms with van der Waals surface area (Å²) in [5.41, 5.74) is 0. The fraction of sp³-hybridized carbons (Fsp3) is 0.800. The predicted octanol–water partition coefficient (Wildman–Crippen LogP) is 0.727. The molecule has 0 radical (unpaired) electrons. The Balaban J connectivity index is 2.33. The quantitative estimate of drug-likeness (QED) is 0.527. The van der Waals surface area contributed by atoms with Crippen molar-refractivity contribution in [2.45, 2.75) is 13.3 Å².